The van der Waals surface area contributed by atoms with Crippen LogP contribution >= 0.6 is 0 Å². The van der Waals surface area contributed by atoms with Crippen LogP contribution in [-0.2, 0) is 16.6 Å². The van der Waals surface area contributed by atoms with Gasteiger partial charge in [0.25, 0.3) is 15.9 Å². The summed E-state index contributed by atoms with van der Waals surface area (Å²) in [6, 6.07) is 14.4. The minimum atomic E-state index is -3.97. The molecule has 1 aromatic heterocycles. The summed E-state index contributed by atoms with van der Waals surface area (Å²) in [4.78, 5) is 13.8. The summed E-state index contributed by atoms with van der Waals surface area (Å²) >= 11 is 0. The Hall–Kier alpha value is -3.13. The molecule has 0 unspecified atom stereocenters. The van der Waals surface area contributed by atoms with Crippen LogP contribution in [0.25, 0.3) is 0 Å². The molecular formula is C19H17FN2O4S. The van der Waals surface area contributed by atoms with E-state index in [-0.39, 0.29) is 16.5 Å². The number of nitrogens with zero attached hydrogens (tertiary/aromatic N) is 1. The van der Waals surface area contributed by atoms with Crippen molar-refractivity contribution in [3.05, 3.63) is 84.1 Å². The summed E-state index contributed by atoms with van der Waals surface area (Å²) in [6.07, 6.45) is 1.52. The number of benzene rings is 2. The second-order valence-electron chi connectivity index (χ2n) is 5.85. The lowest BCUT2D eigenvalue weighted by atomic mass is 10.2. The Bertz CT molecular complexity index is 1030. The van der Waals surface area contributed by atoms with Crippen LogP contribution in [-0.4, -0.2) is 26.3 Å². The van der Waals surface area contributed by atoms with Gasteiger partial charge in [-0.2, -0.15) is 0 Å². The summed E-state index contributed by atoms with van der Waals surface area (Å²) < 4.78 is 45.9. The monoisotopic (exact) mass is 388 g/mol. The number of hydrogen-bond acceptors (Lipinski definition) is 4. The van der Waals surface area contributed by atoms with Gasteiger partial charge >= 0.3 is 0 Å². The molecule has 1 heterocycles. The summed E-state index contributed by atoms with van der Waals surface area (Å²) in [5, 5.41) is 0. The Morgan fingerprint density at radius 1 is 1.07 bits per heavy atom. The molecule has 1 N–H and O–H groups in total. The Kier molecular flexibility index (Phi) is 5.27. The Labute approximate surface area is 156 Å². The van der Waals surface area contributed by atoms with Gasteiger partial charge in [0, 0.05) is 12.6 Å². The average molecular weight is 388 g/mol. The minimum absolute atomic E-state index is 0.0732. The van der Waals surface area contributed by atoms with Crippen molar-refractivity contribution in [3.63, 3.8) is 0 Å². The molecule has 0 fully saturated rings. The molecule has 3 aromatic rings. The van der Waals surface area contributed by atoms with Crippen LogP contribution in [0.2, 0.25) is 0 Å². The van der Waals surface area contributed by atoms with E-state index < -0.39 is 15.8 Å². The number of anilines is 1. The Morgan fingerprint density at radius 3 is 2.41 bits per heavy atom. The first kappa shape index (κ1) is 18.7. The molecule has 1 amide bonds. The lowest BCUT2D eigenvalue weighted by Crippen LogP contribution is -2.26. The molecule has 0 radical (unpaired) electrons. The Balaban J connectivity index is 1.74. The number of sulfonamides is 1. The molecule has 0 aliphatic rings. The van der Waals surface area contributed by atoms with E-state index in [0.29, 0.717) is 17.9 Å². The van der Waals surface area contributed by atoms with Gasteiger partial charge in [-0.1, -0.05) is 12.1 Å². The fourth-order valence-electron chi connectivity index (χ4n) is 2.45. The number of carbonyl (C=O) groups excluding carboxylic acids is 1. The maximum absolute atomic E-state index is 13.7. The van der Waals surface area contributed by atoms with Gasteiger partial charge in [0.1, 0.15) is 11.6 Å². The highest BCUT2D eigenvalue weighted by Crippen LogP contribution is 2.19. The minimum Gasteiger partial charge on any atom is -0.467 e. The smallest absolute Gasteiger partial charge is 0.261 e. The van der Waals surface area contributed by atoms with E-state index in [1.54, 1.807) is 19.2 Å². The van der Waals surface area contributed by atoms with Crippen LogP contribution in [0.5, 0.6) is 0 Å². The third-order valence-electron chi connectivity index (χ3n) is 3.85. The zero-order chi connectivity index (χ0) is 19.4. The first-order chi connectivity index (χ1) is 12.9. The third-order valence-corrected chi connectivity index (χ3v) is 5.23. The highest BCUT2D eigenvalue weighted by molar-refractivity contribution is 7.92. The van der Waals surface area contributed by atoms with Crippen molar-refractivity contribution in [3.8, 4) is 0 Å². The van der Waals surface area contributed by atoms with E-state index in [9.17, 15) is 17.6 Å². The molecule has 140 valence electrons. The zero-order valence-electron chi connectivity index (χ0n) is 14.4. The fourth-order valence-corrected chi connectivity index (χ4v) is 3.52. The quantitative estimate of drug-likeness (QED) is 0.701. The van der Waals surface area contributed by atoms with Gasteiger partial charge in [0.05, 0.1) is 23.4 Å². The molecule has 0 saturated heterocycles. The van der Waals surface area contributed by atoms with Gasteiger partial charge in [0.2, 0.25) is 0 Å². The first-order valence-corrected chi connectivity index (χ1v) is 9.50. The summed E-state index contributed by atoms with van der Waals surface area (Å²) in [6.45, 7) is 0.292. The molecule has 0 saturated carbocycles. The SMILES string of the molecule is CN(Cc1ccco1)C(=O)c1ccc(S(=O)(=O)Nc2ccccc2F)cc1. The van der Waals surface area contributed by atoms with E-state index in [1.165, 1.54) is 53.6 Å². The van der Waals surface area contributed by atoms with Crippen molar-refractivity contribution in [1.82, 2.24) is 4.90 Å². The first-order valence-electron chi connectivity index (χ1n) is 8.02. The van der Waals surface area contributed by atoms with E-state index in [4.69, 9.17) is 4.42 Å². The fraction of sp³-hybridized carbons (Fsp3) is 0.105. The van der Waals surface area contributed by atoms with Gasteiger partial charge in [-0.05, 0) is 48.5 Å². The molecule has 3 rings (SSSR count). The molecule has 27 heavy (non-hydrogen) atoms. The number of carbonyl (C=O) groups is 1. The van der Waals surface area contributed by atoms with Crippen molar-refractivity contribution in [1.29, 1.82) is 0 Å². The standard InChI is InChI=1S/C19H17FN2O4S/c1-22(13-15-5-4-12-26-15)19(23)14-8-10-16(11-9-14)27(24,25)21-18-7-3-2-6-17(18)20/h2-12,21H,13H2,1H3. The molecular weight excluding hydrogens is 371 g/mol. The largest absolute Gasteiger partial charge is 0.467 e. The molecule has 0 aliphatic carbocycles. The molecule has 0 aliphatic heterocycles. The van der Waals surface area contributed by atoms with E-state index in [1.807, 2.05) is 0 Å². The van der Waals surface area contributed by atoms with Crippen molar-refractivity contribution in [2.45, 2.75) is 11.4 Å². The molecule has 2 aromatic carbocycles. The van der Waals surface area contributed by atoms with E-state index in [2.05, 4.69) is 4.72 Å². The van der Waals surface area contributed by atoms with Crippen LogP contribution in [0.15, 0.2) is 76.2 Å². The maximum atomic E-state index is 13.7. The second kappa shape index (κ2) is 7.63. The number of nitrogens with one attached hydrogen (secondary N) is 1. The summed E-state index contributed by atoms with van der Waals surface area (Å²) in [5.41, 5.74) is 0.185. The highest BCUT2D eigenvalue weighted by atomic mass is 32.2. The normalized spacial score (nSPS) is 11.2. The number of hydrogen-bond donors (Lipinski definition) is 1. The molecule has 8 heteroatoms. The van der Waals surface area contributed by atoms with E-state index in [0.717, 1.165) is 6.07 Å². The van der Waals surface area contributed by atoms with Crippen molar-refractivity contribution in [2.75, 3.05) is 11.8 Å². The molecule has 0 bridgehead atoms. The highest BCUT2D eigenvalue weighted by Gasteiger charge is 2.18. The van der Waals surface area contributed by atoms with E-state index >= 15 is 0 Å². The van der Waals surface area contributed by atoms with Gasteiger partial charge in [-0.3, -0.25) is 9.52 Å². The number of para-hydroxylation sites is 1. The maximum Gasteiger partial charge on any atom is 0.261 e. The number of rotatable bonds is 6. The van der Waals surface area contributed by atoms with Crippen LogP contribution in [0.3, 0.4) is 0 Å². The lowest BCUT2D eigenvalue weighted by molar-refractivity contribution is 0.0775. The summed E-state index contributed by atoms with van der Waals surface area (Å²) in [7, 11) is -2.35. The number of furan rings is 1. The van der Waals surface area contributed by atoms with Crippen LogP contribution < -0.4 is 4.72 Å². The molecule has 0 atom stereocenters. The predicted molar refractivity (Wildman–Crippen MR) is 98.2 cm³/mol. The van der Waals surface area contributed by atoms with Gasteiger partial charge < -0.3 is 9.32 Å². The van der Waals surface area contributed by atoms with Crippen molar-refractivity contribution >= 4 is 21.6 Å². The molecule has 6 nitrogen and oxygen atoms in total. The zero-order valence-corrected chi connectivity index (χ0v) is 15.2. The lowest BCUT2D eigenvalue weighted by Gasteiger charge is -2.16. The second-order valence-corrected chi connectivity index (χ2v) is 7.53. The topological polar surface area (TPSA) is 79.6 Å². The van der Waals surface area contributed by atoms with Gasteiger partial charge in [-0.15, -0.1) is 0 Å². The predicted octanol–water partition coefficient (Wildman–Crippen LogP) is 3.49. The third kappa shape index (κ3) is 4.35. The van der Waals surface area contributed by atoms with Crippen LogP contribution in [0, 0.1) is 5.82 Å². The number of amides is 1. The average Bonchev–Trinajstić information content (AvgIpc) is 3.16. The van der Waals surface area contributed by atoms with Crippen molar-refractivity contribution in [2.24, 2.45) is 0 Å². The summed E-state index contributed by atoms with van der Waals surface area (Å²) in [5.74, 6) is -0.316. The number of halogens is 1. The van der Waals surface area contributed by atoms with Crippen molar-refractivity contribution < 1.29 is 22.0 Å². The van der Waals surface area contributed by atoms with Crippen LogP contribution in [0.1, 0.15) is 16.1 Å². The van der Waals surface area contributed by atoms with Gasteiger partial charge in [0.15, 0.2) is 0 Å². The Morgan fingerprint density at radius 2 is 1.78 bits per heavy atom. The van der Waals surface area contributed by atoms with Crippen LogP contribution in [0.4, 0.5) is 10.1 Å². The molecule has 0 spiro atoms. The van der Waals surface area contributed by atoms with Gasteiger partial charge in [-0.25, -0.2) is 12.8 Å².